The molecule has 2 amide bonds. The molecule has 0 unspecified atom stereocenters. The summed E-state index contributed by atoms with van der Waals surface area (Å²) in [7, 11) is 0. The van der Waals surface area contributed by atoms with Crippen molar-refractivity contribution in [3.05, 3.63) is 0 Å². The van der Waals surface area contributed by atoms with E-state index in [-0.39, 0.29) is 11.3 Å². The van der Waals surface area contributed by atoms with Crippen molar-refractivity contribution in [2.75, 3.05) is 58.9 Å². The lowest BCUT2D eigenvalue weighted by Crippen LogP contribution is -2.58. The number of hydrogen-bond donors (Lipinski definition) is 1. The van der Waals surface area contributed by atoms with E-state index in [2.05, 4.69) is 15.1 Å². The van der Waals surface area contributed by atoms with Crippen LogP contribution in [0.1, 0.15) is 44.9 Å². The average molecular weight is 389 g/mol. The molecule has 0 aromatic heterocycles. The molecule has 156 valence electrons. The van der Waals surface area contributed by atoms with Gasteiger partial charge in [0.25, 0.3) is 0 Å². The highest BCUT2D eigenvalue weighted by Crippen LogP contribution is 2.60. The Morgan fingerprint density at radius 2 is 1.36 bits per heavy atom. The Morgan fingerprint density at radius 3 is 1.93 bits per heavy atom. The molecule has 0 atom stereocenters. The smallest absolute Gasteiger partial charge is 0.228 e. The SMILES string of the molecule is O=C(CCN1CCN(C(=O)C23CC4CC(CC(C4)C2)C3)CC1)N1CCNCC1. The summed E-state index contributed by atoms with van der Waals surface area (Å²) in [6, 6.07) is 0. The van der Waals surface area contributed by atoms with E-state index < -0.39 is 0 Å². The normalized spacial score (nSPS) is 38.1. The van der Waals surface area contributed by atoms with Gasteiger partial charge >= 0.3 is 0 Å². The molecule has 0 radical (unpaired) electrons. The molecular formula is C22H36N4O2. The van der Waals surface area contributed by atoms with Gasteiger partial charge in [0.1, 0.15) is 0 Å². The number of nitrogens with one attached hydrogen (secondary N) is 1. The molecule has 1 N–H and O–H groups in total. The summed E-state index contributed by atoms with van der Waals surface area (Å²) in [5.74, 6) is 3.24. The van der Waals surface area contributed by atoms with Crippen molar-refractivity contribution in [3.63, 3.8) is 0 Å². The molecule has 4 saturated carbocycles. The quantitative estimate of drug-likeness (QED) is 0.786. The molecule has 28 heavy (non-hydrogen) atoms. The third-order valence-corrected chi connectivity index (χ3v) is 8.26. The highest BCUT2D eigenvalue weighted by molar-refractivity contribution is 5.83. The number of hydrogen-bond acceptors (Lipinski definition) is 4. The minimum atomic E-state index is -0.00478. The third kappa shape index (κ3) is 3.58. The second-order valence-electron chi connectivity index (χ2n) is 10.2. The first-order valence-corrected chi connectivity index (χ1v) is 11.6. The van der Waals surface area contributed by atoms with Crippen LogP contribution in [0.2, 0.25) is 0 Å². The number of piperazine rings is 2. The van der Waals surface area contributed by atoms with E-state index >= 15 is 0 Å². The average Bonchev–Trinajstić information content (AvgIpc) is 2.71. The van der Waals surface area contributed by atoms with Crippen LogP contribution >= 0.6 is 0 Å². The predicted octanol–water partition coefficient (Wildman–Crippen LogP) is 1.17. The van der Waals surface area contributed by atoms with Crippen LogP contribution in [0.25, 0.3) is 0 Å². The summed E-state index contributed by atoms with van der Waals surface area (Å²) in [4.78, 5) is 32.4. The Morgan fingerprint density at radius 1 is 0.786 bits per heavy atom. The van der Waals surface area contributed by atoms with E-state index in [1.54, 1.807) is 0 Å². The van der Waals surface area contributed by atoms with Gasteiger partial charge in [-0.3, -0.25) is 14.5 Å². The van der Waals surface area contributed by atoms with Gasteiger partial charge in [0.2, 0.25) is 11.8 Å². The minimum Gasteiger partial charge on any atom is -0.340 e. The maximum absolute atomic E-state index is 13.5. The van der Waals surface area contributed by atoms with E-state index in [4.69, 9.17) is 0 Å². The van der Waals surface area contributed by atoms with Gasteiger partial charge in [-0.25, -0.2) is 0 Å². The molecule has 2 heterocycles. The molecule has 6 aliphatic rings. The van der Waals surface area contributed by atoms with Crippen LogP contribution in [0.3, 0.4) is 0 Å². The molecule has 0 aromatic rings. The highest BCUT2D eigenvalue weighted by Gasteiger charge is 2.55. The van der Waals surface area contributed by atoms with Gasteiger partial charge in [-0.1, -0.05) is 0 Å². The third-order valence-electron chi connectivity index (χ3n) is 8.26. The molecule has 6 rings (SSSR count). The van der Waals surface area contributed by atoms with Crippen LogP contribution < -0.4 is 5.32 Å². The summed E-state index contributed by atoms with van der Waals surface area (Å²) >= 11 is 0. The van der Waals surface area contributed by atoms with Gasteiger partial charge in [-0.05, 0) is 56.3 Å². The Bertz CT molecular complexity index is 572. The van der Waals surface area contributed by atoms with E-state index in [0.717, 1.165) is 95.9 Å². The maximum atomic E-state index is 13.5. The first kappa shape index (κ1) is 18.9. The van der Waals surface area contributed by atoms with Gasteiger partial charge in [-0.2, -0.15) is 0 Å². The monoisotopic (exact) mass is 388 g/mol. The fourth-order valence-electron chi connectivity index (χ4n) is 7.21. The van der Waals surface area contributed by atoms with Crippen molar-refractivity contribution in [2.45, 2.75) is 44.9 Å². The zero-order valence-electron chi connectivity index (χ0n) is 17.2. The lowest BCUT2D eigenvalue weighted by Gasteiger charge is -2.57. The Hall–Kier alpha value is -1.14. The van der Waals surface area contributed by atoms with Crippen molar-refractivity contribution in [2.24, 2.45) is 23.2 Å². The van der Waals surface area contributed by atoms with E-state index in [1.807, 2.05) is 4.90 Å². The van der Waals surface area contributed by atoms with Crippen molar-refractivity contribution in [1.82, 2.24) is 20.0 Å². The number of amides is 2. The molecule has 4 bridgehead atoms. The van der Waals surface area contributed by atoms with Crippen LogP contribution in [-0.4, -0.2) is 85.4 Å². The Balaban J connectivity index is 1.10. The summed E-state index contributed by atoms with van der Waals surface area (Å²) in [6.45, 7) is 7.89. The lowest BCUT2D eigenvalue weighted by atomic mass is 9.49. The second kappa shape index (κ2) is 7.60. The molecule has 6 fully saturated rings. The molecule has 0 spiro atoms. The molecule has 4 aliphatic carbocycles. The van der Waals surface area contributed by atoms with Gasteiger partial charge in [0.15, 0.2) is 0 Å². The zero-order chi connectivity index (χ0) is 19.1. The summed E-state index contributed by atoms with van der Waals surface area (Å²) in [5, 5.41) is 3.30. The van der Waals surface area contributed by atoms with Crippen LogP contribution in [0.15, 0.2) is 0 Å². The van der Waals surface area contributed by atoms with E-state index in [0.29, 0.717) is 12.3 Å². The van der Waals surface area contributed by atoms with Gasteiger partial charge in [0.05, 0.1) is 5.41 Å². The van der Waals surface area contributed by atoms with Crippen molar-refractivity contribution in [1.29, 1.82) is 0 Å². The van der Waals surface area contributed by atoms with Crippen LogP contribution in [0, 0.1) is 23.2 Å². The van der Waals surface area contributed by atoms with Crippen molar-refractivity contribution < 1.29 is 9.59 Å². The van der Waals surface area contributed by atoms with E-state index in [1.165, 1.54) is 19.3 Å². The molecule has 0 aromatic carbocycles. The number of carbonyl (C=O) groups excluding carboxylic acids is 2. The maximum Gasteiger partial charge on any atom is 0.228 e. The van der Waals surface area contributed by atoms with Crippen molar-refractivity contribution in [3.8, 4) is 0 Å². The number of carbonyl (C=O) groups is 2. The first-order chi connectivity index (χ1) is 13.6. The number of rotatable bonds is 4. The molecule has 2 aliphatic heterocycles. The van der Waals surface area contributed by atoms with E-state index in [9.17, 15) is 9.59 Å². The minimum absolute atomic E-state index is 0.00478. The van der Waals surface area contributed by atoms with Crippen LogP contribution in [-0.2, 0) is 9.59 Å². The standard InChI is InChI=1S/C22H36N4O2/c27-20(25-5-2-23-3-6-25)1-4-24-7-9-26(10-8-24)21(28)22-14-17-11-18(15-22)13-19(12-17)16-22/h17-19,23H,1-16H2. The van der Waals surface area contributed by atoms with Gasteiger partial charge in [-0.15, -0.1) is 0 Å². The summed E-state index contributed by atoms with van der Waals surface area (Å²) in [5.41, 5.74) is -0.00478. The fraction of sp³-hybridized carbons (Fsp3) is 0.909. The van der Waals surface area contributed by atoms with Gasteiger partial charge in [0, 0.05) is 65.3 Å². The van der Waals surface area contributed by atoms with Crippen molar-refractivity contribution >= 4 is 11.8 Å². The highest BCUT2D eigenvalue weighted by atomic mass is 16.2. The zero-order valence-corrected chi connectivity index (χ0v) is 17.2. The topological polar surface area (TPSA) is 55.9 Å². The second-order valence-corrected chi connectivity index (χ2v) is 10.2. The summed E-state index contributed by atoms with van der Waals surface area (Å²) < 4.78 is 0. The lowest BCUT2D eigenvalue weighted by molar-refractivity contribution is -0.159. The molecular weight excluding hydrogens is 352 g/mol. The first-order valence-electron chi connectivity index (χ1n) is 11.6. The largest absolute Gasteiger partial charge is 0.340 e. The van der Waals surface area contributed by atoms with Crippen LogP contribution in [0.5, 0.6) is 0 Å². The molecule has 2 saturated heterocycles. The Labute approximate surface area is 169 Å². The summed E-state index contributed by atoms with van der Waals surface area (Å²) in [6.07, 6.45) is 8.28. The number of nitrogens with zero attached hydrogens (tertiary/aromatic N) is 3. The molecule has 6 nitrogen and oxygen atoms in total. The molecule has 6 heteroatoms. The fourth-order valence-corrected chi connectivity index (χ4v) is 7.21. The van der Waals surface area contributed by atoms with Crippen LogP contribution in [0.4, 0.5) is 0 Å². The predicted molar refractivity (Wildman–Crippen MR) is 108 cm³/mol. The Kier molecular flexibility index (Phi) is 5.12. The van der Waals surface area contributed by atoms with Gasteiger partial charge < -0.3 is 15.1 Å².